The minimum atomic E-state index is -0.522. The lowest BCUT2D eigenvalue weighted by Crippen LogP contribution is -2.45. The molecule has 2 rings (SSSR count). The van der Waals surface area contributed by atoms with E-state index >= 15 is 0 Å². The number of nitrogens with zero attached hydrogens (tertiary/aromatic N) is 1. The average Bonchev–Trinajstić information content (AvgIpc) is 2.65. The highest BCUT2D eigenvalue weighted by Crippen LogP contribution is 2.46. The molecule has 7 heteroatoms. The highest BCUT2D eigenvalue weighted by Gasteiger charge is 2.30. The summed E-state index contributed by atoms with van der Waals surface area (Å²) in [4.78, 5) is 14.0. The first-order valence-corrected chi connectivity index (χ1v) is 7.90. The second-order valence-corrected chi connectivity index (χ2v) is 6.67. The zero-order chi connectivity index (χ0) is 15.7. The SMILES string of the molecule is CC(C)Oc1c(N2C[C@@H](C)O[C@@H](C)C2)sc(C(N)=O)c1N. The van der Waals surface area contributed by atoms with E-state index in [1.807, 2.05) is 27.7 Å². The van der Waals surface area contributed by atoms with E-state index in [1.54, 1.807) is 0 Å². The normalized spacial score (nSPS) is 22.6. The number of ether oxygens (including phenoxy) is 2. The number of rotatable bonds is 4. The zero-order valence-corrected chi connectivity index (χ0v) is 13.7. The lowest BCUT2D eigenvalue weighted by atomic mass is 10.2. The maximum Gasteiger partial charge on any atom is 0.261 e. The molecule has 1 fully saturated rings. The summed E-state index contributed by atoms with van der Waals surface area (Å²) < 4.78 is 11.6. The van der Waals surface area contributed by atoms with Crippen LogP contribution in [0.3, 0.4) is 0 Å². The van der Waals surface area contributed by atoms with E-state index in [0.717, 1.165) is 18.1 Å². The van der Waals surface area contributed by atoms with Crippen molar-refractivity contribution in [3.63, 3.8) is 0 Å². The van der Waals surface area contributed by atoms with Crippen LogP contribution in [0, 0.1) is 0 Å². The quantitative estimate of drug-likeness (QED) is 0.885. The van der Waals surface area contributed by atoms with Crippen LogP contribution in [0.4, 0.5) is 10.7 Å². The van der Waals surface area contributed by atoms with E-state index in [9.17, 15) is 4.79 Å². The Morgan fingerprint density at radius 1 is 1.38 bits per heavy atom. The molecule has 4 N–H and O–H groups in total. The van der Waals surface area contributed by atoms with Crippen LogP contribution < -0.4 is 21.1 Å². The molecule has 21 heavy (non-hydrogen) atoms. The summed E-state index contributed by atoms with van der Waals surface area (Å²) in [6.45, 7) is 9.37. The van der Waals surface area contributed by atoms with Gasteiger partial charge in [0.2, 0.25) is 0 Å². The summed E-state index contributed by atoms with van der Waals surface area (Å²) in [5, 5.41) is 0.858. The fourth-order valence-corrected chi connectivity index (χ4v) is 3.53. The molecule has 1 amide bonds. The van der Waals surface area contributed by atoms with Crippen molar-refractivity contribution >= 4 is 27.9 Å². The van der Waals surface area contributed by atoms with Gasteiger partial charge in [-0.25, -0.2) is 0 Å². The molecule has 1 aliphatic rings. The summed E-state index contributed by atoms with van der Waals surface area (Å²) >= 11 is 1.29. The van der Waals surface area contributed by atoms with E-state index in [2.05, 4.69) is 4.90 Å². The van der Waals surface area contributed by atoms with Gasteiger partial charge in [0.15, 0.2) is 5.75 Å². The van der Waals surface area contributed by atoms with Gasteiger partial charge in [-0.1, -0.05) is 0 Å². The van der Waals surface area contributed by atoms with Gasteiger partial charge >= 0.3 is 0 Å². The summed E-state index contributed by atoms with van der Waals surface area (Å²) in [6.07, 6.45) is 0.194. The highest BCUT2D eigenvalue weighted by molar-refractivity contribution is 7.19. The molecule has 0 aliphatic carbocycles. The Hall–Kier alpha value is -1.47. The molecule has 1 aromatic rings. The first-order valence-electron chi connectivity index (χ1n) is 7.08. The van der Waals surface area contributed by atoms with Crippen LogP contribution >= 0.6 is 11.3 Å². The first kappa shape index (κ1) is 15.9. The van der Waals surface area contributed by atoms with Crippen LogP contribution in [0.5, 0.6) is 5.75 Å². The Balaban J connectivity index is 2.41. The summed E-state index contributed by atoms with van der Waals surface area (Å²) in [7, 11) is 0. The molecule has 2 heterocycles. The molecule has 0 saturated carbocycles. The molecule has 0 aromatic carbocycles. The van der Waals surface area contributed by atoms with Gasteiger partial charge in [-0.3, -0.25) is 4.79 Å². The molecule has 0 unspecified atom stereocenters. The molecule has 1 aliphatic heterocycles. The van der Waals surface area contributed by atoms with Gasteiger partial charge < -0.3 is 25.8 Å². The highest BCUT2D eigenvalue weighted by atomic mass is 32.1. The number of hydrogen-bond acceptors (Lipinski definition) is 6. The van der Waals surface area contributed by atoms with Gasteiger partial charge in [0.05, 0.1) is 18.3 Å². The maximum atomic E-state index is 11.5. The molecule has 0 radical (unpaired) electrons. The van der Waals surface area contributed by atoms with Crippen LogP contribution in [0.25, 0.3) is 0 Å². The van der Waals surface area contributed by atoms with Gasteiger partial charge in [-0.15, -0.1) is 11.3 Å². The number of anilines is 2. The Morgan fingerprint density at radius 3 is 2.43 bits per heavy atom. The van der Waals surface area contributed by atoms with E-state index in [1.165, 1.54) is 11.3 Å². The van der Waals surface area contributed by atoms with Crippen molar-refractivity contribution in [2.45, 2.75) is 46.0 Å². The van der Waals surface area contributed by atoms with Gasteiger partial charge in [0, 0.05) is 13.1 Å². The van der Waals surface area contributed by atoms with Crippen molar-refractivity contribution < 1.29 is 14.3 Å². The standard InChI is InChI=1S/C14H23N3O3S/c1-7(2)19-11-10(15)12(13(16)18)21-14(11)17-5-8(3)20-9(4)6-17/h7-9H,5-6,15H2,1-4H3,(H2,16,18)/t8-,9+. The van der Waals surface area contributed by atoms with Gasteiger partial charge in [0.25, 0.3) is 5.91 Å². The largest absolute Gasteiger partial charge is 0.486 e. The molecule has 6 nitrogen and oxygen atoms in total. The first-order chi connectivity index (χ1) is 9.79. The second kappa shape index (κ2) is 6.11. The number of carbonyl (C=O) groups excluding carboxylic acids is 1. The molecule has 1 saturated heterocycles. The van der Waals surface area contributed by atoms with E-state index in [0.29, 0.717) is 16.3 Å². The van der Waals surface area contributed by atoms with Crippen molar-refractivity contribution in [3.05, 3.63) is 4.88 Å². The fourth-order valence-electron chi connectivity index (χ4n) is 2.50. The Labute approximate surface area is 129 Å². The van der Waals surface area contributed by atoms with Crippen molar-refractivity contribution in [1.29, 1.82) is 0 Å². The molecule has 0 bridgehead atoms. The maximum absolute atomic E-state index is 11.5. The summed E-state index contributed by atoms with van der Waals surface area (Å²) in [5.41, 5.74) is 11.8. The number of nitrogens with two attached hydrogens (primary N) is 2. The van der Waals surface area contributed by atoms with Crippen LogP contribution in [0.2, 0.25) is 0 Å². The van der Waals surface area contributed by atoms with Crippen LogP contribution in [0.1, 0.15) is 37.4 Å². The lowest BCUT2D eigenvalue weighted by molar-refractivity contribution is -0.00515. The third-order valence-electron chi connectivity index (χ3n) is 3.17. The van der Waals surface area contributed by atoms with Crippen LogP contribution in [-0.4, -0.2) is 37.3 Å². The second-order valence-electron chi connectivity index (χ2n) is 5.67. The molecule has 118 valence electrons. The number of primary amides is 1. The Kier molecular flexibility index (Phi) is 4.63. The summed E-state index contributed by atoms with van der Waals surface area (Å²) in [6, 6.07) is 0. The molecular weight excluding hydrogens is 290 g/mol. The topological polar surface area (TPSA) is 90.8 Å². The minimum Gasteiger partial charge on any atom is -0.486 e. The van der Waals surface area contributed by atoms with Crippen LogP contribution in [-0.2, 0) is 4.74 Å². The molecular formula is C14H23N3O3S. The predicted octanol–water partition coefficient (Wildman–Crippen LogP) is 1.83. The van der Waals surface area contributed by atoms with Gasteiger partial charge in [-0.2, -0.15) is 0 Å². The van der Waals surface area contributed by atoms with Crippen molar-refractivity contribution in [2.24, 2.45) is 5.73 Å². The van der Waals surface area contributed by atoms with E-state index in [4.69, 9.17) is 20.9 Å². The molecule has 0 spiro atoms. The number of thiophene rings is 1. The predicted molar refractivity (Wildman–Crippen MR) is 85.2 cm³/mol. The number of nitrogen functional groups attached to an aromatic ring is 1. The minimum absolute atomic E-state index is 0.0303. The summed E-state index contributed by atoms with van der Waals surface area (Å²) in [5.74, 6) is 0.0387. The van der Waals surface area contributed by atoms with E-state index in [-0.39, 0.29) is 18.3 Å². The number of carbonyl (C=O) groups is 1. The van der Waals surface area contributed by atoms with Gasteiger partial charge in [-0.05, 0) is 27.7 Å². The third-order valence-corrected chi connectivity index (χ3v) is 4.43. The van der Waals surface area contributed by atoms with Gasteiger partial charge in [0.1, 0.15) is 15.6 Å². The fraction of sp³-hybridized carbons (Fsp3) is 0.643. The Bertz CT molecular complexity index is 520. The smallest absolute Gasteiger partial charge is 0.261 e. The van der Waals surface area contributed by atoms with E-state index < -0.39 is 5.91 Å². The molecule has 1 aromatic heterocycles. The van der Waals surface area contributed by atoms with Crippen molar-refractivity contribution in [3.8, 4) is 5.75 Å². The molecule has 2 atom stereocenters. The lowest BCUT2D eigenvalue weighted by Gasteiger charge is -2.36. The average molecular weight is 313 g/mol. The number of hydrogen-bond donors (Lipinski definition) is 2. The van der Waals surface area contributed by atoms with Crippen LogP contribution in [0.15, 0.2) is 0 Å². The zero-order valence-electron chi connectivity index (χ0n) is 12.9. The monoisotopic (exact) mass is 313 g/mol. The van der Waals surface area contributed by atoms with Crippen molar-refractivity contribution in [1.82, 2.24) is 0 Å². The number of morpholine rings is 1. The van der Waals surface area contributed by atoms with Crippen molar-refractivity contribution in [2.75, 3.05) is 23.7 Å². The Morgan fingerprint density at radius 2 is 1.95 bits per heavy atom. The third kappa shape index (κ3) is 3.41. The number of amides is 1.